The smallest absolute Gasteiger partial charge is 0.245 e. The first-order valence-corrected chi connectivity index (χ1v) is 8.59. The van der Waals surface area contributed by atoms with Crippen molar-refractivity contribution in [2.45, 2.75) is 19.0 Å². The molecule has 1 amide bonds. The van der Waals surface area contributed by atoms with Crippen molar-refractivity contribution in [3.63, 3.8) is 0 Å². The van der Waals surface area contributed by atoms with Crippen molar-refractivity contribution in [2.75, 3.05) is 47.4 Å². The molecule has 1 aromatic carbocycles. The largest absolute Gasteiger partial charge is 0.375 e. The van der Waals surface area contributed by atoms with Gasteiger partial charge in [0.25, 0.3) is 0 Å². The van der Waals surface area contributed by atoms with Crippen molar-refractivity contribution >= 4 is 5.91 Å². The zero-order chi connectivity index (χ0) is 19.3. The molecule has 2 rings (SSSR count). The molecule has 0 saturated carbocycles. The molecular weight excluding hydrogens is 347 g/mol. The molecule has 0 aromatic heterocycles. The van der Waals surface area contributed by atoms with Crippen molar-refractivity contribution in [2.24, 2.45) is 5.92 Å². The minimum atomic E-state index is -1.18. The van der Waals surface area contributed by atoms with E-state index in [0.29, 0.717) is 25.7 Å². The number of likely N-dealkylation sites (tertiary alicyclic amines) is 1. The summed E-state index contributed by atoms with van der Waals surface area (Å²) in [6.07, 6.45) is 0.807. The summed E-state index contributed by atoms with van der Waals surface area (Å²) >= 11 is 0. The number of halogens is 3. The maximum absolute atomic E-state index is 13.9. The van der Waals surface area contributed by atoms with E-state index in [4.69, 9.17) is 4.74 Å². The lowest BCUT2D eigenvalue weighted by atomic mass is 9.90. The minimum Gasteiger partial charge on any atom is -0.375 e. The Morgan fingerprint density at radius 2 is 1.96 bits per heavy atom. The summed E-state index contributed by atoms with van der Waals surface area (Å²) in [5, 5.41) is 2.87. The van der Waals surface area contributed by atoms with Gasteiger partial charge >= 0.3 is 0 Å². The molecule has 1 fully saturated rings. The summed E-state index contributed by atoms with van der Waals surface area (Å²) in [4.78, 5) is 15.7. The molecule has 146 valence electrons. The molecule has 1 aliphatic rings. The Bertz CT molecular complexity index is 628. The van der Waals surface area contributed by atoms with E-state index in [1.165, 1.54) is 7.11 Å². The Kier molecular flexibility index (Phi) is 7.43. The predicted molar refractivity (Wildman–Crippen MR) is 92.1 cm³/mol. The second-order valence-electron chi connectivity index (χ2n) is 6.91. The van der Waals surface area contributed by atoms with Crippen molar-refractivity contribution in [1.82, 2.24) is 15.1 Å². The molecule has 0 unspecified atom stereocenters. The van der Waals surface area contributed by atoms with E-state index in [1.807, 2.05) is 19.0 Å². The zero-order valence-electron chi connectivity index (χ0n) is 15.4. The Morgan fingerprint density at radius 3 is 2.62 bits per heavy atom. The molecule has 26 heavy (non-hydrogen) atoms. The fraction of sp³-hybridized carbons (Fsp3) is 0.611. The average Bonchev–Trinajstić information content (AvgIpc) is 2.58. The summed E-state index contributed by atoms with van der Waals surface area (Å²) in [7, 11) is 5.38. The highest BCUT2D eigenvalue weighted by Gasteiger charge is 2.31. The van der Waals surface area contributed by atoms with Crippen LogP contribution in [0.1, 0.15) is 12.0 Å². The maximum atomic E-state index is 13.9. The summed E-state index contributed by atoms with van der Waals surface area (Å²) < 4.78 is 45.2. The highest BCUT2D eigenvalue weighted by Crippen LogP contribution is 2.23. The third-order valence-electron chi connectivity index (χ3n) is 4.79. The minimum absolute atomic E-state index is 0.0287. The topological polar surface area (TPSA) is 44.8 Å². The number of benzene rings is 1. The van der Waals surface area contributed by atoms with Gasteiger partial charge < -0.3 is 15.0 Å². The van der Waals surface area contributed by atoms with Gasteiger partial charge in [-0.1, -0.05) is 0 Å². The number of carbonyl (C=O) groups excluding carboxylic acids is 1. The molecule has 0 aliphatic carbocycles. The molecule has 8 heteroatoms. The second kappa shape index (κ2) is 9.34. The molecule has 0 radical (unpaired) electrons. The third kappa shape index (κ3) is 5.43. The fourth-order valence-electron chi connectivity index (χ4n) is 3.37. The molecular formula is C18H26F3N3O2. The van der Waals surface area contributed by atoms with E-state index in [-0.39, 0.29) is 36.6 Å². The van der Waals surface area contributed by atoms with E-state index < -0.39 is 17.5 Å². The van der Waals surface area contributed by atoms with E-state index in [1.54, 1.807) is 0 Å². The Balaban J connectivity index is 1.98. The normalized spacial score (nSPS) is 21.2. The van der Waals surface area contributed by atoms with Crippen molar-refractivity contribution in [3.05, 3.63) is 35.1 Å². The average molecular weight is 373 g/mol. The molecule has 0 bridgehead atoms. The van der Waals surface area contributed by atoms with Crippen LogP contribution in [0.25, 0.3) is 0 Å². The number of hydrogen-bond donors (Lipinski definition) is 1. The fourth-order valence-corrected chi connectivity index (χ4v) is 3.37. The van der Waals surface area contributed by atoms with Crippen LogP contribution in [-0.4, -0.2) is 69.2 Å². The van der Waals surface area contributed by atoms with Crippen molar-refractivity contribution in [1.29, 1.82) is 0 Å². The lowest BCUT2D eigenvalue weighted by Gasteiger charge is -2.42. The molecule has 2 atom stereocenters. The highest BCUT2D eigenvalue weighted by atomic mass is 19.2. The van der Waals surface area contributed by atoms with Gasteiger partial charge in [0.15, 0.2) is 11.6 Å². The number of rotatable bonds is 7. The standard InChI is InChI=1S/C18H26F3N3O2/c1-23(2)17-10-24(5-4-12(17)8-22-18(25)11-26-3)9-13-6-15(20)16(21)7-14(13)19/h6-7,12,17H,4-5,8-11H2,1-3H3,(H,22,25)/t12-,17-/m1/s1. The number of likely N-dealkylation sites (N-methyl/N-ethyl adjacent to an activating group) is 1. The van der Waals surface area contributed by atoms with Crippen LogP contribution in [0.3, 0.4) is 0 Å². The first-order valence-electron chi connectivity index (χ1n) is 8.59. The van der Waals surface area contributed by atoms with Crippen LogP contribution in [0.2, 0.25) is 0 Å². The van der Waals surface area contributed by atoms with Gasteiger partial charge in [-0.15, -0.1) is 0 Å². The number of ether oxygens (including phenoxy) is 1. The van der Waals surface area contributed by atoms with Crippen LogP contribution in [0, 0.1) is 23.4 Å². The van der Waals surface area contributed by atoms with Crippen LogP contribution < -0.4 is 5.32 Å². The molecule has 1 N–H and O–H groups in total. The van der Waals surface area contributed by atoms with Gasteiger partial charge in [-0.05, 0) is 39.0 Å². The number of piperidine rings is 1. The van der Waals surface area contributed by atoms with Crippen molar-refractivity contribution in [3.8, 4) is 0 Å². The van der Waals surface area contributed by atoms with Gasteiger partial charge in [0.2, 0.25) is 5.91 Å². The highest BCUT2D eigenvalue weighted by molar-refractivity contribution is 5.77. The first-order chi connectivity index (χ1) is 12.3. The summed E-state index contributed by atoms with van der Waals surface area (Å²) in [5.74, 6) is -2.86. The second-order valence-corrected chi connectivity index (χ2v) is 6.91. The van der Waals surface area contributed by atoms with E-state index in [9.17, 15) is 18.0 Å². The number of nitrogens with one attached hydrogen (secondary N) is 1. The van der Waals surface area contributed by atoms with Gasteiger partial charge in [0, 0.05) is 44.4 Å². The van der Waals surface area contributed by atoms with Gasteiger partial charge in [-0.25, -0.2) is 13.2 Å². The molecule has 0 spiro atoms. The molecule has 5 nitrogen and oxygen atoms in total. The number of methoxy groups -OCH3 is 1. The molecule has 1 heterocycles. The number of nitrogens with zero attached hydrogens (tertiary/aromatic N) is 2. The van der Waals surface area contributed by atoms with Crippen LogP contribution in [0.15, 0.2) is 12.1 Å². The van der Waals surface area contributed by atoms with E-state index in [2.05, 4.69) is 10.2 Å². The molecule has 1 saturated heterocycles. The van der Waals surface area contributed by atoms with Gasteiger partial charge in [0.1, 0.15) is 12.4 Å². The predicted octanol–water partition coefficient (Wildman–Crippen LogP) is 1.62. The summed E-state index contributed by atoms with van der Waals surface area (Å²) in [6, 6.07) is 1.67. The van der Waals surface area contributed by atoms with E-state index >= 15 is 0 Å². The summed E-state index contributed by atoms with van der Waals surface area (Å²) in [6.45, 7) is 2.12. The van der Waals surface area contributed by atoms with Crippen LogP contribution in [-0.2, 0) is 16.1 Å². The van der Waals surface area contributed by atoms with E-state index in [0.717, 1.165) is 12.5 Å². The third-order valence-corrected chi connectivity index (χ3v) is 4.79. The van der Waals surface area contributed by atoms with Gasteiger partial charge in [-0.3, -0.25) is 9.69 Å². The quantitative estimate of drug-likeness (QED) is 0.738. The summed E-state index contributed by atoms with van der Waals surface area (Å²) in [5.41, 5.74) is 0.147. The van der Waals surface area contributed by atoms with Gasteiger partial charge in [-0.2, -0.15) is 0 Å². The molecule has 1 aliphatic heterocycles. The van der Waals surface area contributed by atoms with Crippen LogP contribution in [0.4, 0.5) is 13.2 Å². The maximum Gasteiger partial charge on any atom is 0.245 e. The Hall–Kier alpha value is -1.64. The van der Waals surface area contributed by atoms with Crippen molar-refractivity contribution < 1.29 is 22.7 Å². The van der Waals surface area contributed by atoms with Crippen LogP contribution in [0.5, 0.6) is 0 Å². The van der Waals surface area contributed by atoms with Crippen LogP contribution >= 0.6 is 0 Å². The zero-order valence-corrected chi connectivity index (χ0v) is 15.4. The van der Waals surface area contributed by atoms with Gasteiger partial charge in [0.05, 0.1) is 0 Å². The first kappa shape index (κ1) is 20.7. The lowest BCUT2D eigenvalue weighted by Crippen LogP contribution is -2.53. The lowest BCUT2D eigenvalue weighted by molar-refractivity contribution is -0.125. The number of amides is 1. The molecule has 1 aromatic rings. The Labute approximate surface area is 152 Å². The monoisotopic (exact) mass is 373 g/mol. The number of hydrogen-bond acceptors (Lipinski definition) is 4. The Morgan fingerprint density at radius 1 is 1.27 bits per heavy atom. The number of carbonyl (C=O) groups is 1. The SMILES string of the molecule is COCC(=O)NC[C@H]1CCN(Cc2cc(F)c(F)cc2F)C[C@H]1N(C)C.